The van der Waals surface area contributed by atoms with E-state index in [1.807, 2.05) is 25.2 Å². The summed E-state index contributed by atoms with van der Waals surface area (Å²) in [4.78, 5) is 38.0. The molecule has 0 atom stereocenters. The molecule has 0 aromatic heterocycles. The Morgan fingerprint density at radius 1 is 1.25 bits per heavy atom. The molecule has 1 rings (SSSR count). The number of Topliss-reactive ketones (excluding diaryl/α,β-unsaturated/α-hetero) is 1. The monoisotopic (exact) mass is 412 g/mol. The first-order valence-electron chi connectivity index (χ1n) is 8.73. The molecule has 0 bridgehead atoms. The Bertz CT molecular complexity index is 643. The highest BCUT2D eigenvalue weighted by atomic mass is 32.2. The average molecular weight is 413 g/mol. The van der Waals surface area contributed by atoms with Gasteiger partial charge in [-0.05, 0) is 33.3 Å². The molecule has 0 radical (unpaired) electrons. The molecule has 0 saturated carbocycles. The number of hydrogen-bond acceptors (Lipinski definition) is 7. The lowest BCUT2D eigenvalue weighted by Gasteiger charge is -2.48. The Morgan fingerprint density at radius 2 is 1.86 bits per heavy atom. The molecule has 158 valence electrons. The molecule has 1 heterocycles. The number of rotatable bonds is 8. The fraction of sp³-hybridized carbons (Fsp3) is 0.550. The van der Waals surface area contributed by atoms with E-state index in [1.165, 1.54) is 23.8 Å². The number of nitrogens with zero attached hydrogens (tertiary/aromatic N) is 1. The number of carbonyl (C=O) groups is 3. The number of carbonyl (C=O) groups excluding carboxylic acids is 3. The van der Waals surface area contributed by atoms with Crippen LogP contribution in [0.2, 0.25) is 0 Å². The van der Waals surface area contributed by atoms with E-state index < -0.39 is 22.4 Å². The minimum absolute atomic E-state index is 0. The molecule has 0 aromatic carbocycles. The molecular formula is C20H32N2O5S. The highest BCUT2D eigenvalue weighted by molar-refractivity contribution is 8.01. The summed E-state index contributed by atoms with van der Waals surface area (Å²) in [6.07, 6.45) is 6.64. The predicted molar refractivity (Wildman–Crippen MR) is 113 cm³/mol. The van der Waals surface area contributed by atoms with Gasteiger partial charge in [-0.2, -0.15) is 0 Å². The quantitative estimate of drug-likeness (QED) is 0.368. The van der Waals surface area contributed by atoms with Crippen LogP contribution < -0.4 is 6.15 Å². The van der Waals surface area contributed by atoms with Crippen LogP contribution in [0.15, 0.2) is 36.5 Å². The molecule has 1 amide bonds. The summed E-state index contributed by atoms with van der Waals surface area (Å²) in [5.74, 6) is -0.255. The predicted octanol–water partition coefficient (Wildman–Crippen LogP) is 3.69. The molecule has 1 saturated heterocycles. The van der Waals surface area contributed by atoms with Gasteiger partial charge < -0.3 is 20.5 Å². The second kappa shape index (κ2) is 11.1. The third kappa shape index (κ3) is 7.52. The highest BCUT2D eigenvalue weighted by Crippen LogP contribution is 2.39. The molecule has 0 spiro atoms. The Morgan fingerprint density at radius 3 is 2.32 bits per heavy atom. The fourth-order valence-corrected chi connectivity index (χ4v) is 3.84. The van der Waals surface area contributed by atoms with E-state index in [-0.39, 0.29) is 31.4 Å². The van der Waals surface area contributed by atoms with Gasteiger partial charge in [0.1, 0.15) is 16.8 Å². The van der Waals surface area contributed by atoms with Crippen molar-refractivity contribution < 1.29 is 23.9 Å². The largest absolute Gasteiger partial charge is 0.469 e. The summed E-state index contributed by atoms with van der Waals surface area (Å²) >= 11 is 1.42. The number of ether oxygens (including phenoxy) is 2. The van der Waals surface area contributed by atoms with Gasteiger partial charge in [0.25, 0.3) is 0 Å². The maximum absolute atomic E-state index is 12.7. The zero-order valence-corrected chi connectivity index (χ0v) is 18.3. The van der Waals surface area contributed by atoms with Crippen molar-refractivity contribution in [3.8, 4) is 0 Å². The molecule has 3 N–H and O–H groups in total. The van der Waals surface area contributed by atoms with Crippen molar-refractivity contribution in [2.75, 3.05) is 26.0 Å². The van der Waals surface area contributed by atoms with Gasteiger partial charge in [-0.1, -0.05) is 30.9 Å². The van der Waals surface area contributed by atoms with E-state index in [0.717, 1.165) is 5.57 Å². The van der Waals surface area contributed by atoms with E-state index >= 15 is 0 Å². The summed E-state index contributed by atoms with van der Waals surface area (Å²) in [5, 5.41) is 0. The number of thioether (sulfide) groups is 1. The Kier molecular flexibility index (Phi) is 10.3. The summed E-state index contributed by atoms with van der Waals surface area (Å²) in [6, 6.07) is 0. The molecule has 0 aromatic rings. The van der Waals surface area contributed by atoms with Gasteiger partial charge in [0.15, 0.2) is 5.78 Å². The van der Waals surface area contributed by atoms with Crippen molar-refractivity contribution in [2.45, 2.75) is 44.5 Å². The maximum atomic E-state index is 12.7. The molecule has 7 nitrogen and oxygen atoms in total. The second-order valence-corrected chi connectivity index (χ2v) is 8.63. The summed E-state index contributed by atoms with van der Waals surface area (Å²) in [6.45, 7) is 11.4. The first-order chi connectivity index (χ1) is 12.6. The zero-order chi connectivity index (χ0) is 20.7. The van der Waals surface area contributed by atoms with Gasteiger partial charge in [0.05, 0.1) is 7.11 Å². The van der Waals surface area contributed by atoms with Gasteiger partial charge in [-0.25, -0.2) is 4.79 Å². The highest BCUT2D eigenvalue weighted by Gasteiger charge is 2.52. The number of esters is 1. The van der Waals surface area contributed by atoms with E-state index in [4.69, 9.17) is 4.74 Å². The Labute approximate surface area is 171 Å². The zero-order valence-electron chi connectivity index (χ0n) is 17.4. The number of allylic oxidation sites excluding steroid dienone is 4. The van der Waals surface area contributed by atoms with E-state index in [9.17, 15) is 14.4 Å². The van der Waals surface area contributed by atoms with Crippen molar-refractivity contribution in [1.82, 2.24) is 11.1 Å². The van der Waals surface area contributed by atoms with Gasteiger partial charge in [-0.3, -0.25) is 9.59 Å². The standard InChI is InChI=1S/C20H29NO5S.H3N/c1-7-9-15(10-8-2)12-27-20(16(22)11-17(23)25-6)13-21(14-20)18(24)26-19(3,4)5;/h7-10H,1,11-14H2,2-6H3;1H3/b10-8-,15-9+;. The van der Waals surface area contributed by atoms with Crippen LogP contribution in [0.3, 0.4) is 0 Å². The van der Waals surface area contributed by atoms with Crippen LogP contribution in [0.5, 0.6) is 0 Å². The molecular weight excluding hydrogens is 380 g/mol. The molecule has 1 aliphatic rings. The van der Waals surface area contributed by atoms with Crippen LogP contribution in [0.4, 0.5) is 4.79 Å². The number of methoxy groups -OCH3 is 1. The lowest BCUT2D eigenvalue weighted by molar-refractivity contribution is -0.144. The van der Waals surface area contributed by atoms with Crippen LogP contribution in [-0.4, -0.2) is 59.0 Å². The molecule has 0 unspecified atom stereocenters. The number of likely N-dealkylation sites (tertiary alicyclic amines) is 1. The smallest absolute Gasteiger partial charge is 0.410 e. The van der Waals surface area contributed by atoms with Crippen molar-refractivity contribution in [1.29, 1.82) is 0 Å². The van der Waals surface area contributed by atoms with Crippen molar-refractivity contribution in [2.24, 2.45) is 0 Å². The first-order valence-corrected chi connectivity index (χ1v) is 9.71. The normalized spacial score (nSPS) is 16.0. The average Bonchev–Trinajstić information content (AvgIpc) is 2.52. The fourth-order valence-electron chi connectivity index (χ4n) is 2.48. The third-order valence-corrected chi connectivity index (χ3v) is 5.33. The van der Waals surface area contributed by atoms with E-state index in [0.29, 0.717) is 5.75 Å². The summed E-state index contributed by atoms with van der Waals surface area (Å²) in [7, 11) is 1.25. The van der Waals surface area contributed by atoms with Gasteiger partial charge >= 0.3 is 12.1 Å². The van der Waals surface area contributed by atoms with Crippen LogP contribution in [0.1, 0.15) is 34.1 Å². The van der Waals surface area contributed by atoms with Crippen LogP contribution in [-0.2, 0) is 19.1 Å². The minimum Gasteiger partial charge on any atom is -0.469 e. The summed E-state index contributed by atoms with van der Waals surface area (Å²) < 4.78 is 9.14. The number of amides is 1. The van der Waals surface area contributed by atoms with E-state index in [1.54, 1.807) is 26.8 Å². The molecule has 0 aliphatic carbocycles. The minimum atomic E-state index is -0.840. The lowest BCUT2D eigenvalue weighted by atomic mass is 9.92. The SMILES string of the molecule is C=C/C=C(\C=C/C)CSC1(C(=O)CC(=O)OC)CN(C(=O)OC(C)(C)C)C1.N. The lowest BCUT2D eigenvalue weighted by Crippen LogP contribution is -2.66. The molecule has 1 fully saturated rings. The maximum Gasteiger partial charge on any atom is 0.410 e. The molecule has 1 aliphatic heterocycles. The van der Waals surface area contributed by atoms with Crippen molar-refractivity contribution in [3.05, 3.63) is 36.5 Å². The Hall–Kier alpha value is -2.06. The van der Waals surface area contributed by atoms with Crippen molar-refractivity contribution >= 4 is 29.6 Å². The number of ketones is 1. The molecule has 28 heavy (non-hydrogen) atoms. The van der Waals surface area contributed by atoms with Crippen LogP contribution in [0.25, 0.3) is 0 Å². The van der Waals surface area contributed by atoms with Crippen molar-refractivity contribution in [3.63, 3.8) is 0 Å². The summed E-state index contributed by atoms with van der Waals surface area (Å²) in [5.41, 5.74) is 0.392. The topological polar surface area (TPSA) is 108 Å². The van der Waals surface area contributed by atoms with E-state index in [2.05, 4.69) is 11.3 Å². The molecule has 8 heteroatoms. The first kappa shape index (κ1) is 25.9. The van der Waals surface area contributed by atoms with Gasteiger partial charge in [0, 0.05) is 18.8 Å². The van der Waals surface area contributed by atoms with Gasteiger partial charge in [-0.15, -0.1) is 11.8 Å². The second-order valence-electron chi connectivity index (χ2n) is 7.27. The Balaban J connectivity index is 0.00000729. The van der Waals surface area contributed by atoms with Gasteiger partial charge in [0.2, 0.25) is 0 Å². The third-order valence-electron chi connectivity index (χ3n) is 3.81. The van der Waals surface area contributed by atoms with Crippen LogP contribution >= 0.6 is 11.8 Å². The van der Waals surface area contributed by atoms with Crippen LogP contribution in [0, 0.1) is 0 Å². The number of hydrogen-bond donors (Lipinski definition) is 1.